The average molecular weight is 683 g/mol. The lowest BCUT2D eigenvalue weighted by Crippen LogP contribution is -2.82. The highest BCUT2D eigenvalue weighted by molar-refractivity contribution is 6.22. The molecule has 14 atom stereocenters. The molecule has 12 nitrogen and oxygen atoms in total. The summed E-state index contributed by atoms with van der Waals surface area (Å²) in [6.45, 7) is 4.95. The van der Waals surface area contributed by atoms with Crippen LogP contribution in [0, 0.1) is 40.4 Å². The van der Waals surface area contributed by atoms with E-state index in [4.69, 9.17) is 23.7 Å². The molecule has 0 aromatic heterocycles. The largest absolute Gasteiger partial charge is 0.461 e. The van der Waals surface area contributed by atoms with Gasteiger partial charge < -0.3 is 33.9 Å². The Bertz CT molecular complexity index is 1560. The van der Waals surface area contributed by atoms with Gasteiger partial charge in [0.15, 0.2) is 0 Å². The summed E-state index contributed by atoms with van der Waals surface area (Å²) in [6.07, 6.45) is 0.813. The first kappa shape index (κ1) is 33.7. The third-order valence-electron chi connectivity index (χ3n) is 14.5. The Hall–Kier alpha value is -2.45. The fourth-order valence-corrected chi connectivity index (χ4v) is 13.2. The van der Waals surface area contributed by atoms with Gasteiger partial charge in [0.1, 0.15) is 11.2 Å². The lowest BCUT2D eigenvalue weighted by atomic mass is 9.42. The number of amides is 2. The number of para-hydroxylation sites is 1. The second kappa shape index (κ2) is 11.3. The molecular weight excluding hydrogens is 632 g/mol. The van der Waals surface area contributed by atoms with Crippen LogP contribution in [0.25, 0.3) is 0 Å². The zero-order valence-corrected chi connectivity index (χ0v) is 29.3. The van der Waals surface area contributed by atoms with Crippen LogP contribution in [0.5, 0.6) is 0 Å². The van der Waals surface area contributed by atoms with Gasteiger partial charge in [0.2, 0.25) is 11.8 Å². The number of methoxy groups -OCH3 is 4. The molecule has 2 amide bonds. The summed E-state index contributed by atoms with van der Waals surface area (Å²) in [4.78, 5) is 43.3. The molecule has 5 aliphatic carbocycles. The summed E-state index contributed by atoms with van der Waals surface area (Å²) in [5, 5.41) is 26.6. The number of likely N-dealkylation sites (tertiary alicyclic amines) is 1. The highest BCUT2D eigenvalue weighted by atomic mass is 16.5. The molecule has 8 rings (SSSR count). The van der Waals surface area contributed by atoms with E-state index in [9.17, 15) is 24.6 Å². The quantitative estimate of drug-likeness (QED) is 0.292. The zero-order chi connectivity index (χ0) is 34.8. The molecule has 1 spiro atoms. The second-order valence-corrected chi connectivity index (χ2v) is 16.0. The fourth-order valence-electron chi connectivity index (χ4n) is 13.2. The van der Waals surface area contributed by atoms with Crippen LogP contribution in [-0.4, -0.2) is 123 Å². The van der Waals surface area contributed by atoms with Crippen molar-refractivity contribution in [3.63, 3.8) is 0 Å². The Balaban J connectivity index is 1.23. The predicted molar refractivity (Wildman–Crippen MR) is 174 cm³/mol. The molecular formula is C37H50N2O10. The molecule has 7 fully saturated rings. The molecule has 2 heterocycles. The number of aliphatic hydroxyl groups is 2. The highest BCUT2D eigenvalue weighted by Crippen LogP contribution is 2.80. The van der Waals surface area contributed by atoms with Crippen molar-refractivity contribution in [2.75, 3.05) is 53.0 Å². The molecule has 3 unspecified atom stereocenters. The molecule has 12 heteroatoms. The van der Waals surface area contributed by atoms with Crippen molar-refractivity contribution >= 4 is 23.5 Å². The summed E-state index contributed by atoms with van der Waals surface area (Å²) in [6, 6.07) is 6.12. The number of carbonyl (C=O) groups is 3. The van der Waals surface area contributed by atoms with E-state index in [1.807, 2.05) is 0 Å². The first-order valence-corrected chi connectivity index (χ1v) is 17.9. The standard InChI is InChI=1S/C37H50N2O10/c1-7-38-17-34(18-49-32(42)20-10-8-9-11-23(20)39-26(40)14-19(2)31(39)41)13-12-25(46-4)36-22-15-21-24(45-3)16-35(43,27(22)28(21)47-5)37(44,33(36)38)30(48-6)29(34)36/h8-11,19,21-22,24-25,27-30,33,43-44H,7,12-18H2,1-6H3/t19?,21-,22-,24+,25+,27-,28+,29-,30+,33?,34+,35-,36+,37?/m1/s1. The number of likely N-dealkylation sites (N-methyl/N-ethyl adjacent to an activating group) is 1. The topological polar surface area (TPSA) is 144 Å². The van der Waals surface area contributed by atoms with Gasteiger partial charge in [-0.25, -0.2) is 9.69 Å². The second-order valence-electron chi connectivity index (χ2n) is 16.0. The van der Waals surface area contributed by atoms with Crippen molar-refractivity contribution in [1.82, 2.24) is 4.90 Å². The van der Waals surface area contributed by atoms with E-state index in [0.717, 1.165) is 11.3 Å². The number of piperidine rings is 1. The van der Waals surface area contributed by atoms with E-state index in [1.54, 1.807) is 59.6 Å². The number of hydrogen-bond donors (Lipinski definition) is 2. The van der Waals surface area contributed by atoms with Gasteiger partial charge in [-0.3, -0.25) is 14.5 Å². The van der Waals surface area contributed by atoms with Gasteiger partial charge in [-0.2, -0.15) is 0 Å². The summed E-state index contributed by atoms with van der Waals surface area (Å²) < 4.78 is 31.4. The number of ether oxygens (including phenoxy) is 5. The van der Waals surface area contributed by atoms with Gasteiger partial charge in [-0.15, -0.1) is 0 Å². The molecule has 7 aliphatic rings. The van der Waals surface area contributed by atoms with Crippen LogP contribution in [-0.2, 0) is 33.3 Å². The molecule has 49 heavy (non-hydrogen) atoms. The number of imide groups is 1. The summed E-state index contributed by atoms with van der Waals surface area (Å²) in [5.74, 6) is -2.47. The van der Waals surface area contributed by atoms with Crippen LogP contribution >= 0.6 is 0 Å². The number of rotatable bonds is 9. The van der Waals surface area contributed by atoms with Gasteiger partial charge in [0.25, 0.3) is 0 Å². The number of hydrogen-bond acceptors (Lipinski definition) is 11. The van der Waals surface area contributed by atoms with Gasteiger partial charge in [-0.05, 0) is 43.9 Å². The summed E-state index contributed by atoms with van der Waals surface area (Å²) in [5.41, 5.74) is -4.17. The number of anilines is 1. The Morgan fingerprint density at radius 3 is 2.43 bits per heavy atom. The number of fused-ring (bicyclic) bond motifs is 2. The first-order valence-electron chi connectivity index (χ1n) is 17.9. The monoisotopic (exact) mass is 682 g/mol. The molecule has 2 aliphatic heterocycles. The normalized spacial score (nSPS) is 48.0. The van der Waals surface area contributed by atoms with Crippen LogP contribution in [0.1, 0.15) is 56.3 Å². The van der Waals surface area contributed by atoms with Crippen LogP contribution in [0.4, 0.5) is 5.69 Å². The Labute approximate surface area is 287 Å². The smallest absolute Gasteiger partial charge is 0.340 e. The first-order chi connectivity index (χ1) is 23.4. The van der Waals surface area contributed by atoms with Gasteiger partial charge in [0, 0.05) is 82.3 Å². The molecule has 2 saturated heterocycles. The number of benzene rings is 1. The van der Waals surface area contributed by atoms with E-state index in [2.05, 4.69) is 11.8 Å². The summed E-state index contributed by atoms with van der Waals surface area (Å²) >= 11 is 0. The number of esters is 1. The molecule has 1 aromatic carbocycles. The third kappa shape index (κ3) is 3.86. The van der Waals surface area contributed by atoms with Gasteiger partial charge in [-0.1, -0.05) is 26.0 Å². The third-order valence-corrected chi connectivity index (χ3v) is 14.5. The maximum absolute atomic E-state index is 14.1. The molecule has 5 saturated carbocycles. The van der Waals surface area contributed by atoms with Crippen LogP contribution < -0.4 is 4.90 Å². The molecule has 268 valence electrons. The molecule has 2 N–H and O–H groups in total. The van der Waals surface area contributed by atoms with Gasteiger partial charge >= 0.3 is 5.97 Å². The van der Waals surface area contributed by atoms with Crippen molar-refractivity contribution in [1.29, 1.82) is 0 Å². The zero-order valence-electron chi connectivity index (χ0n) is 29.3. The number of carbonyl (C=O) groups excluding carboxylic acids is 3. The lowest BCUT2D eigenvalue weighted by molar-refractivity contribution is -0.320. The maximum Gasteiger partial charge on any atom is 0.340 e. The fraction of sp³-hybridized carbons (Fsp3) is 0.757. The predicted octanol–water partition coefficient (Wildman–Crippen LogP) is 2.04. The van der Waals surface area contributed by atoms with Crippen LogP contribution in [0.2, 0.25) is 0 Å². The van der Waals surface area contributed by atoms with E-state index in [0.29, 0.717) is 25.9 Å². The van der Waals surface area contributed by atoms with E-state index in [-0.39, 0.29) is 84.5 Å². The minimum Gasteiger partial charge on any atom is -0.461 e. The van der Waals surface area contributed by atoms with Crippen molar-refractivity contribution in [2.45, 2.75) is 87.6 Å². The molecule has 0 radical (unpaired) electrons. The Kier molecular flexibility index (Phi) is 7.75. The highest BCUT2D eigenvalue weighted by Gasteiger charge is 2.91. The molecule has 1 aromatic rings. The van der Waals surface area contributed by atoms with Crippen molar-refractivity contribution < 1.29 is 48.3 Å². The average Bonchev–Trinajstić information content (AvgIpc) is 3.63. The Morgan fingerprint density at radius 1 is 1.04 bits per heavy atom. The number of nitrogens with zero attached hydrogens (tertiary/aromatic N) is 2. The Morgan fingerprint density at radius 2 is 1.80 bits per heavy atom. The van der Waals surface area contributed by atoms with Crippen molar-refractivity contribution in [2.24, 2.45) is 40.4 Å². The molecule has 7 bridgehead atoms. The van der Waals surface area contributed by atoms with Crippen LogP contribution in [0.3, 0.4) is 0 Å². The van der Waals surface area contributed by atoms with Crippen LogP contribution in [0.15, 0.2) is 24.3 Å². The summed E-state index contributed by atoms with van der Waals surface area (Å²) in [7, 11) is 6.70. The van der Waals surface area contributed by atoms with E-state index < -0.39 is 46.1 Å². The van der Waals surface area contributed by atoms with Gasteiger partial charge in [0.05, 0.1) is 48.3 Å². The van der Waals surface area contributed by atoms with Crippen molar-refractivity contribution in [3.05, 3.63) is 29.8 Å². The SMILES string of the molecule is CCN1C[C@]2(COC(=O)c3ccccc3N3C(=O)CC(C)C3=O)CC[C@H](OC)[C@]34C1C(O)([C@@H](OC)[C@H]23)[C@@]1(O)C[C@H](OC)[C@H]2C[C@@H]4[C@@H]1[C@H]2OC. The minimum absolute atomic E-state index is 0.0358. The van der Waals surface area contributed by atoms with E-state index in [1.165, 1.54) is 0 Å². The van der Waals surface area contributed by atoms with E-state index >= 15 is 0 Å². The van der Waals surface area contributed by atoms with Crippen molar-refractivity contribution in [3.8, 4) is 0 Å². The lowest BCUT2D eigenvalue weighted by Gasteiger charge is -2.70. The maximum atomic E-state index is 14.1. The minimum atomic E-state index is -1.70.